The molecule has 0 radical (unpaired) electrons. The number of hydrogen-bond donors (Lipinski definition) is 2. The van der Waals surface area contributed by atoms with Crippen molar-refractivity contribution in [2.45, 2.75) is 20.3 Å². The summed E-state index contributed by atoms with van der Waals surface area (Å²) in [5.41, 5.74) is 2.84. The molecule has 112 valence electrons. The first-order valence-electron chi connectivity index (χ1n) is 7.20. The molecule has 0 saturated carbocycles. The molecule has 0 bridgehead atoms. The number of carbonyl (C=O) groups is 1. The van der Waals surface area contributed by atoms with Crippen LogP contribution >= 0.6 is 0 Å². The lowest BCUT2D eigenvalue weighted by Gasteiger charge is -2.10. The van der Waals surface area contributed by atoms with Gasteiger partial charge in [0.25, 0.3) is 5.91 Å². The summed E-state index contributed by atoms with van der Waals surface area (Å²) in [4.78, 5) is 16.4. The zero-order chi connectivity index (χ0) is 15.2. The molecule has 5 heteroatoms. The van der Waals surface area contributed by atoms with Crippen molar-refractivity contribution in [3.05, 3.63) is 47.5 Å². The minimum Gasteiger partial charge on any atom is -0.385 e. The van der Waals surface area contributed by atoms with Crippen LogP contribution in [0.25, 0.3) is 0 Å². The molecule has 0 aliphatic rings. The van der Waals surface area contributed by atoms with Gasteiger partial charge in [0.15, 0.2) is 0 Å². The van der Waals surface area contributed by atoms with E-state index in [1.54, 1.807) is 6.20 Å². The van der Waals surface area contributed by atoms with Gasteiger partial charge in [-0.15, -0.1) is 0 Å². The van der Waals surface area contributed by atoms with Gasteiger partial charge in [-0.25, -0.2) is 4.98 Å². The van der Waals surface area contributed by atoms with Gasteiger partial charge in [-0.1, -0.05) is 0 Å². The van der Waals surface area contributed by atoms with Crippen LogP contribution in [-0.2, 0) is 13.5 Å². The number of anilines is 1. The first-order chi connectivity index (χ1) is 10.1. The highest BCUT2D eigenvalue weighted by Crippen LogP contribution is 2.16. The van der Waals surface area contributed by atoms with Crippen molar-refractivity contribution in [2.75, 3.05) is 18.4 Å². The second-order valence-electron chi connectivity index (χ2n) is 5.02. The van der Waals surface area contributed by atoms with Gasteiger partial charge in [-0.3, -0.25) is 4.79 Å². The summed E-state index contributed by atoms with van der Waals surface area (Å²) in [6.07, 6.45) is 4.39. The molecule has 0 saturated heterocycles. The van der Waals surface area contributed by atoms with Crippen molar-refractivity contribution in [3.8, 4) is 0 Å². The molecule has 21 heavy (non-hydrogen) atoms. The molecular formula is C16H22N4O. The van der Waals surface area contributed by atoms with Gasteiger partial charge < -0.3 is 15.2 Å². The highest BCUT2D eigenvalue weighted by atomic mass is 16.1. The number of amides is 1. The molecule has 0 unspecified atom stereocenters. The molecule has 2 rings (SSSR count). The minimum absolute atomic E-state index is 0.0460. The number of nitrogens with zero attached hydrogens (tertiary/aromatic N) is 2. The highest BCUT2D eigenvalue weighted by molar-refractivity contribution is 5.94. The maximum Gasteiger partial charge on any atom is 0.251 e. The van der Waals surface area contributed by atoms with E-state index in [0.29, 0.717) is 12.1 Å². The summed E-state index contributed by atoms with van der Waals surface area (Å²) in [6, 6.07) is 5.71. The number of nitrogens with one attached hydrogen (secondary N) is 2. The van der Waals surface area contributed by atoms with Crippen molar-refractivity contribution in [3.63, 3.8) is 0 Å². The summed E-state index contributed by atoms with van der Waals surface area (Å²) in [7, 11) is 1.95. The van der Waals surface area contributed by atoms with E-state index >= 15 is 0 Å². The topological polar surface area (TPSA) is 59.0 Å². The number of carbonyl (C=O) groups excluding carboxylic acids is 1. The molecule has 5 nitrogen and oxygen atoms in total. The van der Waals surface area contributed by atoms with Gasteiger partial charge in [0.05, 0.1) is 0 Å². The van der Waals surface area contributed by atoms with Gasteiger partial charge in [0.1, 0.15) is 5.82 Å². The molecule has 0 aliphatic carbocycles. The first kappa shape index (κ1) is 15.1. The largest absolute Gasteiger partial charge is 0.385 e. The van der Waals surface area contributed by atoms with Crippen LogP contribution in [0.15, 0.2) is 30.6 Å². The Hall–Kier alpha value is -2.30. The molecule has 1 amide bonds. The Balaban J connectivity index is 1.91. The minimum atomic E-state index is -0.0460. The summed E-state index contributed by atoms with van der Waals surface area (Å²) < 4.78 is 1.96. The lowest BCUT2D eigenvalue weighted by Crippen LogP contribution is -2.26. The average molecular weight is 286 g/mol. The lowest BCUT2D eigenvalue weighted by atomic mass is 10.1. The Morgan fingerprint density at radius 2 is 2.19 bits per heavy atom. The molecular weight excluding hydrogens is 264 g/mol. The smallest absolute Gasteiger partial charge is 0.251 e. The van der Waals surface area contributed by atoms with Crippen LogP contribution in [0.3, 0.4) is 0 Å². The van der Waals surface area contributed by atoms with Crippen molar-refractivity contribution in [2.24, 2.45) is 7.05 Å². The van der Waals surface area contributed by atoms with E-state index in [9.17, 15) is 4.79 Å². The maximum absolute atomic E-state index is 12.1. The quantitative estimate of drug-likeness (QED) is 0.855. The Morgan fingerprint density at radius 3 is 2.81 bits per heavy atom. The predicted octanol–water partition coefficient (Wildman–Crippen LogP) is 2.13. The number of imidazole rings is 1. The number of benzene rings is 1. The van der Waals surface area contributed by atoms with E-state index < -0.39 is 0 Å². The first-order valence-corrected chi connectivity index (χ1v) is 7.20. The van der Waals surface area contributed by atoms with Gasteiger partial charge in [-0.05, 0) is 37.6 Å². The van der Waals surface area contributed by atoms with E-state index in [1.807, 2.05) is 42.9 Å². The van der Waals surface area contributed by atoms with Crippen LogP contribution in [0.4, 0.5) is 5.69 Å². The molecule has 1 aromatic carbocycles. The molecule has 0 fully saturated rings. The fourth-order valence-electron chi connectivity index (χ4n) is 2.22. The third-order valence-electron chi connectivity index (χ3n) is 3.41. The SMILES string of the molecule is CCNc1ccc(C(=O)NCCc2nccn2C)cc1C. The van der Waals surface area contributed by atoms with Gasteiger partial charge in [0, 0.05) is 50.2 Å². The summed E-state index contributed by atoms with van der Waals surface area (Å²) in [6.45, 7) is 5.51. The Kier molecular flexibility index (Phi) is 4.98. The second-order valence-corrected chi connectivity index (χ2v) is 5.02. The van der Waals surface area contributed by atoms with Crippen LogP contribution < -0.4 is 10.6 Å². The average Bonchev–Trinajstić information content (AvgIpc) is 2.87. The summed E-state index contributed by atoms with van der Waals surface area (Å²) >= 11 is 0. The Bertz CT molecular complexity index is 618. The molecule has 1 heterocycles. The van der Waals surface area contributed by atoms with E-state index in [2.05, 4.69) is 22.5 Å². The standard InChI is InChI=1S/C16H22N4O/c1-4-17-14-6-5-13(11-12(14)2)16(21)19-8-7-15-18-9-10-20(15)3/h5-6,9-11,17H,4,7-8H2,1-3H3,(H,19,21). The van der Waals surface area contributed by atoms with E-state index in [-0.39, 0.29) is 5.91 Å². The van der Waals surface area contributed by atoms with Crippen molar-refractivity contribution in [1.82, 2.24) is 14.9 Å². The molecule has 0 aliphatic heterocycles. The third kappa shape index (κ3) is 3.84. The van der Waals surface area contributed by atoms with Gasteiger partial charge in [-0.2, -0.15) is 0 Å². The monoisotopic (exact) mass is 286 g/mol. The lowest BCUT2D eigenvalue weighted by molar-refractivity contribution is 0.0954. The van der Waals surface area contributed by atoms with E-state index in [0.717, 1.165) is 30.0 Å². The van der Waals surface area contributed by atoms with E-state index in [4.69, 9.17) is 0 Å². The normalized spacial score (nSPS) is 10.4. The van der Waals surface area contributed by atoms with Crippen LogP contribution in [0.2, 0.25) is 0 Å². The van der Waals surface area contributed by atoms with E-state index in [1.165, 1.54) is 0 Å². The zero-order valence-electron chi connectivity index (χ0n) is 12.8. The molecule has 2 aromatic rings. The van der Waals surface area contributed by atoms with Crippen LogP contribution in [-0.4, -0.2) is 28.5 Å². The van der Waals surface area contributed by atoms with Crippen LogP contribution in [0, 0.1) is 6.92 Å². The number of aryl methyl sites for hydroxylation is 2. The van der Waals surface area contributed by atoms with Gasteiger partial charge >= 0.3 is 0 Å². The zero-order valence-corrected chi connectivity index (χ0v) is 12.8. The van der Waals surface area contributed by atoms with Crippen LogP contribution in [0.1, 0.15) is 28.7 Å². The third-order valence-corrected chi connectivity index (χ3v) is 3.41. The number of rotatable bonds is 6. The number of hydrogen-bond acceptors (Lipinski definition) is 3. The molecule has 0 atom stereocenters. The van der Waals surface area contributed by atoms with Gasteiger partial charge in [0.2, 0.25) is 0 Å². The Labute approximate surface area is 125 Å². The summed E-state index contributed by atoms with van der Waals surface area (Å²) in [5.74, 6) is 0.921. The molecule has 2 N–H and O–H groups in total. The van der Waals surface area contributed by atoms with Crippen LogP contribution in [0.5, 0.6) is 0 Å². The molecule has 0 spiro atoms. The number of aromatic nitrogens is 2. The Morgan fingerprint density at radius 1 is 1.38 bits per heavy atom. The fourth-order valence-corrected chi connectivity index (χ4v) is 2.22. The fraction of sp³-hybridized carbons (Fsp3) is 0.375. The summed E-state index contributed by atoms with van der Waals surface area (Å²) in [5, 5.41) is 6.20. The van der Waals surface area contributed by atoms with Crippen molar-refractivity contribution >= 4 is 11.6 Å². The predicted molar refractivity (Wildman–Crippen MR) is 84.6 cm³/mol. The highest BCUT2D eigenvalue weighted by Gasteiger charge is 2.08. The molecule has 1 aromatic heterocycles. The maximum atomic E-state index is 12.1. The second kappa shape index (κ2) is 6.92. The van der Waals surface area contributed by atoms with Crippen molar-refractivity contribution < 1.29 is 4.79 Å². The van der Waals surface area contributed by atoms with Crippen molar-refractivity contribution in [1.29, 1.82) is 0 Å².